The molecular weight excluding hydrogens is 274 g/mol. The minimum atomic E-state index is -5.13. The van der Waals surface area contributed by atoms with Gasteiger partial charge in [-0.05, 0) is 0 Å². The third-order valence-electron chi connectivity index (χ3n) is 2.16. The molecule has 19 heavy (non-hydrogen) atoms. The fraction of sp³-hybridized carbons (Fsp3) is 0.400. The van der Waals surface area contributed by atoms with Gasteiger partial charge in [0.1, 0.15) is 6.67 Å². The molecule has 0 spiro atoms. The average molecular weight is 283 g/mol. The molecule has 0 aliphatic rings. The van der Waals surface area contributed by atoms with Crippen LogP contribution in [0.25, 0.3) is 0 Å². The summed E-state index contributed by atoms with van der Waals surface area (Å²) in [5.74, 6) is -2.08. The van der Waals surface area contributed by atoms with E-state index in [4.69, 9.17) is 0 Å². The first-order valence-electron chi connectivity index (χ1n) is 4.90. The van der Waals surface area contributed by atoms with Crippen LogP contribution in [-0.2, 0) is 22.6 Å². The SMILES string of the molecule is COC(=O)Cc1c(CF)c[nH]c(=O)c1OC(F)(F)F. The first-order chi connectivity index (χ1) is 8.78. The van der Waals surface area contributed by atoms with E-state index in [1.54, 1.807) is 0 Å². The van der Waals surface area contributed by atoms with Gasteiger partial charge < -0.3 is 14.5 Å². The Kier molecular flexibility index (Phi) is 4.52. The summed E-state index contributed by atoms with van der Waals surface area (Å²) in [5.41, 5.74) is -1.99. The van der Waals surface area contributed by atoms with Crippen molar-refractivity contribution in [3.63, 3.8) is 0 Å². The maximum atomic E-state index is 12.7. The summed E-state index contributed by atoms with van der Waals surface area (Å²) in [6, 6.07) is 0. The van der Waals surface area contributed by atoms with Crippen LogP contribution in [0.2, 0.25) is 0 Å². The molecule has 0 saturated heterocycles. The number of alkyl halides is 4. The number of ether oxygens (including phenoxy) is 2. The highest BCUT2D eigenvalue weighted by atomic mass is 19.4. The van der Waals surface area contributed by atoms with Gasteiger partial charge in [0.15, 0.2) is 5.75 Å². The number of aromatic nitrogens is 1. The van der Waals surface area contributed by atoms with E-state index in [2.05, 4.69) is 9.47 Å². The van der Waals surface area contributed by atoms with E-state index in [1.165, 1.54) is 0 Å². The summed E-state index contributed by atoms with van der Waals surface area (Å²) in [6.07, 6.45) is -4.96. The maximum absolute atomic E-state index is 12.7. The van der Waals surface area contributed by atoms with Crippen LogP contribution < -0.4 is 10.3 Å². The zero-order valence-electron chi connectivity index (χ0n) is 9.64. The number of esters is 1. The molecule has 0 saturated carbocycles. The van der Waals surface area contributed by atoms with Gasteiger partial charge >= 0.3 is 12.3 Å². The molecule has 106 valence electrons. The van der Waals surface area contributed by atoms with Crippen LogP contribution in [0.5, 0.6) is 5.75 Å². The Morgan fingerprint density at radius 3 is 2.53 bits per heavy atom. The summed E-state index contributed by atoms with van der Waals surface area (Å²) in [5, 5.41) is 0. The second-order valence-corrected chi connectivity index (χ2v) is 3.39. The topological polar surface area (TPSA) is 68.4 Å². The van der Waals surface area contributed by atoms with Crippen molar-refractivity contribution in [1.82, 2.24) is 4.98 Å². The predicted octanol–water partition coefficient (Wildman–Crippen LogP) is 1.46. The van der Waals surface area contributed by atoms with Crippen LogP contribution in [0.3, 0.4) is 0 Å². The van der Waals surface area contributed by atoms with Gasteiger partial charge in [-0.3, -0.25) is 9.59 Å². The minimum absolute atomic E-state index is 0.288. The Morgan fingerprint density at radius 2 is 2.05 bits per heavy atom. The number of nitrogens with one attached hydrogen (secondary N) is 1. The molecule has 0 aromatic carbocycles. The van der Waals surface area contributed by atoms with E-state index in [0.29, 0.717) is 0 Å². The number of hydrogen-bond donors (Lipinski definition) is 1. The van der Waals surface area contributed by atoms with Gasteiger partial charge in [-0.1, -0.05) is 0 Å². The summed E-state index contributed by atoms with van der Waals surface area (Å²) < 4.78 is 57.0. The number of methoxy groups -OCH3 is 1. The summed E-state index contributed by atoms with van der Waals surface area (Å²) in [7, 11) is 1.01. The van der Waals surface area contributed by atoms with Crippen molar-refractivity contribution in [1.29, 1.82) is 0 Å². The third kappa shape index (κ3) is 3.97. The lowest BCUT2D eigenvalue weighted by molar-refractivity contribution is -0.275. The molecule has 5 nitrogen and oxygen atoms in total. The number of halogens is 4. The molecule has 1 aromatic heterocycles. The number of rotatable bonds is 4. The smallest absolute Gasteiger partial charge is 0.469 e. The second kappa shape index (κ2) is 5.72. The van der Waals surface area contributed by atoms with Crippen LogP contribution >= 0.6 is 0 Å². The van der Waals surface area contributed by atoms with Gasteiger partial charge in [0, 0.05) is 17.3 Å². The van der Waals surface area contributed by atoms with E-state index in [9.17, 15) is 27.2 Å². The van der Waals surface area contributed by atoms with Crippen molar-refractivity contribution in [3.8, 4) is 5.75 Å². The molecule has 1 aromatic rings. The Balaban J connectivity index is 3.32. The molecule has 0 aliphatic heterocycles. The van der Waals surface area contributed by atoms with Gasteiger partial charge in [0.05, 0.1) is 13.5 Å². The first-order valence-corrected chi connectivity index (χ1v) is 4.90. The second-order valence-electron chi connectivity index (χ2n) is 3.39. The number of hydrogen-bond acceptors (Lipinski definition) is 4. The standard InChI is InChI=1S/C10H9F4NO4/c1-18-7(16)2-6-5(3-11)4-15-9(17)8(6)19-10(12,13)14/h4H,2-3H2,1H3,(H,15,17). The molecule has 1 rings (SSSR count). The Hall–Kier alpha value is -2.06. The van der Waals surface area contributed by atoms with Crippen LogP contribution in [-0.4, -0.2) is 24.4 Å². The number of carbonyl (C=O) groups excluding carboxylic acids is 1. The molecule has 1 heterocycles. The van der Waals surface area contributed by atoms with E-state index in [-0.39, 0.29) is 5.56 Å². The first kappa shape index (κ1) is 15.0. The highest BCUT2D eigenvalue weighted by molar-refractivity contribution is 5.74. The van der Waals surface area contributed by atoms with E-state index in [0.717, 1.165) is 13.3 Å². The largest absolute Gasteiger partial charge is 0.573 e. The zero-order valence-corrected chi connectivity index (χ0v) is 9.64. The lowest BCUT2D eigenvalue weighted by atomic mass is 10.1. The van der Waals surface area contributed by atoms with Crippen LogP contribution in [0.4, 0.5) is 17.6 Å². The Morgan fingerprint density at radius 1 is 1.42 bits per heavy atom. The summed E-state index contributed by atoms with van der Waals surface area (Å²) in [4.78, 5) is 24.3. The van der Waals surface area contributed by atoms with Gasteiger partial charge in [0.25, 0.3) is 5.56 Å². The maximum Gasteiger partial charge on any atom is 0.573 e. The van der Waals surface area contributed by atoms with Gasteiger partial charge in [-0.2, -0.15) is 0 Å². The third-order valence-corrected chi connectivity index (χ3v) is 2.16. The van der Waals surface area contributed by atoms with Crippen molar-refractivity contribution < 1.29 is 31.8 Å². The van der Waals surface area contributed by atoms with Crippen molar-refractivity contribution >= 4 is 5.97 Å². The average Bonchev–Trinajstić information content (AvgIpc) is 2.32. The molecule has 9 heteroatoms. The molecule has 1 N–H and O–H groups in total. The summed E-state index contributed by atoms with van der Waals surface area (Å²) >= 11 is 0. The Labute approximate surface area is 104 Å². The lowest BCUT2D eigenvalue weighted by Crippen LogP contribution is -2.25. The van der Waals surface area contributed by atoms with Crippen LogP contribution in [0.1, 0.15) is 11.1 Å². The fourth-order valence-corrected chi connectivity index (χ4v) is 1.34. The molecule has 0 radical (unpaired) electrons. The molecule has 0 amide bonds. The molecule has 0 fully saturated rings. The molecular formula is C10H9F4NO4. The fourth-order valence-electron chi connectivity index (χ4n) is 1.34. The lowest BCUT2D eigenvalue weighted by Gasteiger charge is -2.13. The monoisotopic (exact) mass is 283 g/mol. The van der Waals surface area contributed by atoms with Gasteiger partial charge in [-0.25, -0.2) is 4.39 Å². The molecule has 0 aliphatic carbocycles. The number of H-pyrrole nitrogens is 1. The van der Waals surface area contributed by atoms with E-state index < -0.39 is 42.3 Å². The van der Waals surface area contributed by atoms with E-state index in [1.807, 2.05) is 4.98 Å². The highest BCUT2D eigenvalue weighted by Crippen LogP contribution is 2.26. The molecule has 0 bridgehead atoms. The van der Waals surface area contributed by atoms with Crippen molar-refractivity contribution in [2.75, 3.05) is 7.11 Å². The molecule has 0 unspecified atom stereocenters. The normalized spacial score (nSPS) is 11.2. The van der Waals surface area contributed by atoms with Crippen LogP contribution in [0.15, 0.2) is 11.0 Å². The zero-order chi connectivity index (χ0) is 14.6. The highest BCUT2D eigenvalue weighted by Gasteiger charge is 2.34. The number of aromatic amines is 1. The van der Waals surface area contributed by atoms with Gasteiger partial charge in [0.2, 0.25) is 0 Å². The quantitative estimate of drug-likeness (QED) is 0.671. The van der Waals surface area contributed by atoms with Crippen LogP contribution in [0, 0.1) is 0 Å². The van der Waals surface area contributed by atoms with Crippen molar-refractivity contribution in [3.05, 3.63) is 27.7 Å². The number of carbonyl (C=O) groups is 1. The van der Waals surface area contributed by atoms with Gasteiger partial charge in [-0.15, -0.1) is 13.2 Å². The van der Waals surface area contributed by atoms with E-state index >= 15 is 0 Å². The molecule has 0 atom stereocenters. The van der Waals surface area contributed by atoms with Crippen molar-refractivity contribution in [2.45, 2.75) is 19.5 Å². The minimum Gasteiger partial charge on any atom is -0.469 e. The number of pyridine rings is 1. The Bertz CT molecular complexity index is 523. The predicted molar refractivity (Wildman–Crippen MR) is 54.3 cm³/mol. The van der Waals surface area contributed by atoms with Crippen molar-refractivity contribution in [2.24, 2.45) is 0 Å². The summed E-state index contributed by atoms with van der Waals surface area (Å²) in [6.45, 7) is -1.17.